The van der Waals surface area contributed by atoms with Gasteiger partial charge in [0.1, 0.15) is 5.82 Å². The van der Waals surface area contributed by atoms with E-state index in [2.05, 4.69) is 20.6 Å². The largest absolute Gasteiger partial charge is 0.433 e. The average molecular weight is 378 g/mol. The van der Waals surface area contributed by atoms with Crippen molar-refractivity contribution in [3.8, 4) is 0 Å². The molecule has 1 aromatic heterocycles. The molecular formula is C16H16F6N4. The summed E-state index contributed by atoms with van der Waals surface area (Å²) in [4.78, 5) is 7.25. The molecule has 1 heterocycles. The number of hydrogen-bond donors (Lipinski definition) is 2. The lowest BCUT2D eigenvalue weighted by Crippen LogP contribution is -2.19. The Bertz CT molecular complexity index is 757. The summed E-state index contributed by atoms with van der Waals surface area (Å²) in [7, 11) is 0. The Morgan fingerprint density at radius 3 is 2.23 bits per heavy atom. The van der Waals surface area contributed by atoms with Crippen LogP contribution in [0.4, 0.5) is 43.8 Å². The van der Waals surface area contributed by atoms with Gasteiger partial charge in [-0.15, -0.1) is 0 Å². The third kappa shape index (κ3) is 4.99. The van der Waals surface area contributed by atoms with Gasteiger partial charge in [-0.05, 0) is 25.5 Å². The maximum atomic E-state index is 13.1. The second-order valence-corrected chi connectivity index (χ2v) is 5.58. The Morgan fingerprint density at radius 1 is 1.00 bits per heavy atom. The Hall–Kier alpha value is -2.52. The first-order valence-corrected chi connectivity index (χ1v) is 7.66. The van der Waals surface area contributed by atoms with E-state index in [0.717, 1.165) is 12.1 Å². The Labute approximate surface area is 145 Å². The van der Waals surface area contributed by atoms with E-state index in [-0.39, 0.29) is 12.0 Å². The first kappa shape index (κ1) is 19.8. The zero-order valence-corrected chi connectivity index (χ0v) is 13.8. The van der Waals surface area contributed by atoms with Gasteiger partial charge in [0.25, 0.3) is 0 Å². The molecule has 2 rings (SSSR count). The molecule has 0 fully saturated rings. The standard InChI is InChI=1S/C16H16F6N4/c1-3-9(2)23-14-25-12(16(20,21)22)8-13(26-14)24-11-7-5-4-6-10(11)15(17,18)19/h4-9H,3H2,1-2H3,(H2,23,24,25,26)/t9-/m1/s1. The van der Waals surface area contributed by atoms with Crippen LogP contribution in [-0.2, 0) is 12.4 Å². The minimum absolute atomic E-state index is 0.214. The van der Waals surface area contributed by atoms with E-state index in [0.29, 0.717) is 12.5 Å². The van der Waals surface area contributed by atoms with Crippen LogP contribution in [0.1, 0.15) is 31.5 Å². The summed E-state index contributed by atoms with van der Waals surface area (Å²) >= 11 is 0. The molecule has 0 saturated carbocycles. The van der Waals surface area contributed by atoms with Crippen molar-refractivity contribution in [1.82, 2.24) is 9.97 Å². The molecule has 0 aliphatic heterocycles. The van der Waals surface area contributed by atoms with Gasteiger partial charge >= 0.3 is 12.4 Å². The lowest BCUT2D eigenvalue weighted by molar-refractivity contribution is -0.141. The molecular weight excluding hydrogens is 362 g/mol. The molecule has 0 bridgehead atoms. The fraction of sp³-hybridized carbons (Fsp3) is 0.375. The van der Waals surface area contributed by atoms with Crippen molar-refractivity contribution in [3.05, 3.63) is 41.6 Å². The maximum absolute atomic E-state index is 13.1. The second kappa shape index (κ2) is 7.38. The van der Waals surface area contributed by atoms with Gasteiger partial charge < -0.3 is 10.6 Å². The van der Waals surface area contributed by atoms with Gasteiger partial charge in [-0.1, -0.05) is 19.1 Å². The topological polar surface area (TPSA) is 49.8 Å². The smallest absolute Gasteiger partial charge is 0.352 e. The summed E-state index contributed by atoms with van der Waals surface area (Å²) in [6, 6.07) is 4.81. The summed E-state index contributed by atoms with van der Waals surface area (Å²) in [5, 5.41) is 5.00. The number of rotatable bonds is 5. The van der Waals surface area contributed by atoms with E-state index in [1.165, 1.54) is 12.1 Å². The lowest BCUT2D eigenvalue weighted by Gasteiger charge is -2.17. The van der Waals surface area contributed by atoms with Crippen molar-refractivity contribution in [1.29, 1.82) is 0 Å². The van der Waals surface area contributed by atoms with E-state index < -0.39 is 35.1 Å². The van der Waals surface area contributed by atoms with Crippen molar-refractivity contribution < 1.29 is 26.3 Å². The summed E-state index contributed by atoms with van der Waals surface area (Å²) in [5.74, 6) is -0.712. The van der Waals surface area contributed by atoms with Crippen LogP contribution in [0.25, 0.3) is 0 Å². The van der Waals surface area contributed by atoms with Gasteiger partial charge in [-0.2, -0.15) is 31.3 Å². The number of benzene rings is 1. The van der Waals surface area contributed by atoms with Gasteiger partial charge in [0.2, 0.25) is 5.95 Å². The highest BCUT2D eigenvalue weighted by atomic mass is 19.4. The molecule has 0 unspecified atom stereocenters. The number of anilines is 3. The fourth-order valence-corrected chi connectivity index (χ4v) is 2.02. The fourth-order valence-electron chi connectivity index (χ4n) is 2.02. The first-order chi connectivity index (χ1) is 12.0. The highest BCUT2D eigenvalue weighted by Crippen LogP contribution is 2.36. The highest BCUT2D eigenvalue weighted by Gasteiger charge is 2.35. The highest BCUT2D eigenvalue weighted by molar-refractivity contribution is 5.62. The molecule has 142 valence electrons. The van der Waals surface area contributed by atoms with Crippen LogP contribution in [0.15, 0.2) is 30.3 Å². The average Bonchev–Trinajstić information content (AvgIpc) is 2.53. The van der Waals surface area contributed by atoms with E-state index >= 15 is 0 Å². The Kier molecular flexibility index (Phi) is 5.62. The molecule has 0 spiro atoms. The first-order valence-electron chi connectivity index (χ1n) is 7.66. The van der Waals surface area contributed by atoms with Crippen molar-refractivity contribution >= 4 is 17.5 Å². The van der Waals surface area contributed by atoms with E-state index in [1.54, 1.807) is 6.92 Å². The summed E-state index contributed by atoms with van der Waals surface area (Å²) in [6.07, 6.45) is -8.84. The van der Waals surface area contributed by atoms with Gasteiger partial charge in [-0.3, -0.25) is 0 Å². The molecule has 10 heteroatoms. The summed E-state index contributed by atoms with van der Waals surface area (Å²) in [5.41, 5.74) is -2.67. The summed E-state index contributed by atoms with van der Waals surface area (Å²) < 4.78 is 78.3. The molecule has 1 aromatic carbocycles. The number of nitrogens with zero attached hydrogens (tertiary/aromatic N) is 2. The Morgan fingerprint density at radius 2 is 1.65 bits per heavy atom. The molecule has 0 radical (unpaired) electrons. The van der Waals surface area contributed by atoms with Crippen molar-refractivity contribution in [2.45, 2.75) is 38.7 Å². The number of aromatic nitrogens is 2. The van der Waals surface area contributed by atoms with Crippen LogP contribution in [0.2, 0.25) is 0 Å². The van der Waals surface area contributed by atoms with E-state index in [4.69, 9.17) is 0 Å². The van der Waals surface area contributed by atoms with E-state index in [9.17, 15) is 26.3 Å². The normalized spacial score (nSPS) is 13.4. The minimum Gasteiger partial charge on any atom is -0.352 e. The van der Waals surface area contributed by atoms with Crippen molar-refractivity contribution in [2.24, 2.45) is 0 Å². The zero-order valence-electron chi connectivity index (χ0n) is 13.8. The van der Waals surface area contributed by atoms with Crippen LogP contribution < -0.4 is 10.6 Å². The summed E-state index contributed by atoms with van der Waals surface area (Å²) in [6.45, 7) is 3.53. The number of nitrogens with one attached hydrogen (secondary N) is 2. The molecule has 0 amide bonds. The van der Waals surface area contributed by atoms with Crippen LogP contribution in [0.5, 0.6) is 0 Å². The third-order valence-corrected chi connectivity index (χ3v) is 3.50. The quantitative estimate of drug-likeness (QED) is 0.678. The lowest BCUT2D eigenvalue weighted by atomic mass is 10.1. The molecule has 0 saturated heterocycles. The third-order valence-electron chi connectivity index (χ3n) is 3.50. The van der Waals surface area contributed by atoms with Crippen LogP contribution in [0, 0.1) is 0 Å². The van der Waals surface area contributed by atoms with Crippen LogP contribution in [-0.4, -0.2) is 16.0 Å². The van der Waals surface area contributed by atoms with Crippen LogP contribution in [0.3, 0.4) is 0 Å². The van der Waals surface area contributed by atoms with Gasteiger partial charge in [0.15, 0.2) is 5.69 Å². The number of hydrogen-bond acceptors (Lipinski definition) is 4. The van der Waals surface area contributed by atoms with Gasteiger partial charge in [-0.25, -0.2) is 4.98 Å². The molecule has 26 heavy (non-hydrogen) atoms. The predicted octanol–water partition coefficient (Wildman–Crippen LogP) is 5.47. The minimum atomic E-state index is -4.77. The maximum Gasteiger partial charge on any atom is 0.433 e. The second-order valence-electron chi connectivity index (χ2n) is 5.58. The van der Waals surface area contributed by atoms with Crippen LogP contribution >= 0.6 is 0 Å². The van der Waals surface area contributed by atoms with Gasteiger partial charge in [0.05, 0.1) is 11.3 Å². The molecule has 2 aromatic rings. The van der Waals surface area contributed by atoms with Crippen molar-refractivity contribution in [2.75, 3.05) is 10.6 Å². The van der Waals surface area contributed by atoms with Gasteiger partial charge in [0, 0.05) is 12.1 Å². The molecule has 0 aliphatic rings. The molecule has 0 aliphatic carbocycles. The van der Waals surface area contributed by atoms with Crippen molar-refractivity contribution in [3.63, 3.8) is 0 Å². The molecule has 1 atom stereocenters. The predicted molar refractivity (Wildman–Crippen MR) is 85.1 cm³/mol. The zero-order chi connectivity index (χ0) is 19.5. The number of para-hydroxylation sites is 1. The Balaban J connectivity index is 2.45. The number of halogens is 6. The number of alkyl halides is 6. The SMILES string of the molecule is CC[C@@H](C)Nc1nc(Nc2ccccc2C(F)(F)F)cc(C(F)(F)F)n1. The van der Waals surface area contributed by atoms with E-state index in [1.807, 2.05) is 6.92 Å². The monoisotopic (exact) mass is 378 g/mol. The molecule has 4 nitrogen and oxygen atoms in total. The molecule has 2 N–H and O–H groups in total.